The number of hydrogen-bond acceptors (Lipinski definition) is 4. The lowest BCUT2D eigenvalue weighted by Crippen LogP contribution is -2.51. The van der Waals surface area contributed by atoms with E-state index in [0.717, 1.165) is 31.8 Å². The first-order chi connectivity index (χ1) is 10.7. The van der Waals surface area contributed by atoms with Gasteiger partial charge >= 0.3 is 0 Å². The summed E-state index contributed by atoms with van der Waals surface area (Å²) >= 11 is 0. The summed E-state index contributed by atoms with van der Waals surface area (Å²) in [6.45, 7) is 15.0. The summed E-state index contributed by atoms with van der Waals surface area (Å²) < 4.78 is 0. The maximum Gasteiger partial charge on any atom is 0.0987 e. The number of piperidine rings is 1. The van der Waals surface area contributed by atoms with Crippen molar-refractivity contribution in [2.45, 2.75) is 89.5 Å². The van der Waals surface area contributed by atoms with Crippen LogP contribution in [0.1, 0.15) is 60.3 Å². The standard InChI is InChI=1S/C19H34N4/c1-18(2,3)22-8-6-15(21-7-9-22)12-19(4,5)23-16(13-20)10-14-11-17(14)23/h14-17,21H,6-12H2,1-5H3/t14-,15?,16+,17+/m0/s1. The second-order valence-electron chi connectivity index (χ2n) is 9.47. The summed E-state index contributed by atoms with van der Waals surface area (Å²) in [5.41, 5.74) is 0.374. The molecule has 0 radical (unpaired) electrons. The smallest absolute Gasteiger partial charge is 0.0987 e. The maximum absolute atomic E-state index is 9.50. The fourth-order valence-electron chi connectivity index (χ4n) is 4.93. The molecule has 1 N–H and O–H groups in total. The largest absolute Gasteiger partial charge is 0.313 e. The van der Waals surface area contributed by atoms with Gasteiger partial charge in [0.2, 0.25) is 0 Å². The van der Waals surface area contributed by atoms with E-state index < -0.39 is 0 Å². The lowest BCUT2D eigenvalue weighted by atomic mass is 9.90. The van der Waals surface area contributed by atoms with E-state index in [9.17, 15) is 5.26 Å². The van der Waals surface area contributed by atoms with Gasteiger partial charge in [0.15, 0.2) is 0 Å². The molecule has 0 aromatic heterocycles. The maximum atomic E-state index is 9.50. The average Bonchev–Trinajstić information content (AvgIpc) is 3.15. The summed E-state index contributed by atoms with van der Waals surface area (Å²) in [6.07, 6.45) is 4.77. The topological polar surface area (TPSA) is 42.3 Å². The van der Waals surface area contributed by atoms with Crippen LogP contribution in [0.25, 0.3) is 0 Å². The Morgan fingerprint density at radius 2 is 1.87 bits per heavy atom. The molecule has 4 heteroatoms. The van der Waals surface area contributed by atoms with Crippen molar-refractivity contribution in [2.75, 3.05) is 19.6 Å². The lowest BCUT2D eigenvalue weighted by Gasteiger charge is -2.41. The predicted octanol–water partition coefficient (Wildman–Crippen LogP) is 2.60. The van der Waals surface area contributed by atoms with Crippen molar-refractivity contribution < 1.29 is 0 Å². The van der Waals surface area contributed by atoms with Crippen LogP contribution in [0.15, 0.2) is 0 Å². The molecule has 1 aliphatic carbocycles. The van der Waals surface area contributed by atoms with Crippen LogP contribution in [0.2, 0.25) is 0 Å². The SMILES string of the molecule is CC(C)(C)N1CCNC(CC(C)(C)N2[C@@H]3C[C@@H]3C[C@@H]2C#N)CC1. The van der Waals surface area contributed by atoms with Gasteiger partial charge in [-0.15, -0.1) is 0 Å². The molecule has 4 atom stereocenters. The van der Waals surface area contributed by atoms with E-state index in [1.807, 2.05) is 0 Å². The van der Waals surface area contributed by atoms with Gasteiger partial charge in [0, 0.05) is 42.8 Å². The molecule has 23 heavy (non-hydrogen) atoms. The van der Waals surface area contributed by atoms with Crippen LogP contribution in [-0.4, -0.2) is 58.6 Å². The Bertz CT molecular complexity index is 473. The minimum atomic E-state index is 0.116. The molecule has 1 unspecified atom stereocenters. The minimum Gasteiger partial charge on any atom is -0.313 e. The molecule has 0 bridgehead atoms. The fourth-order valence-corrected chi connectivity index (χ4v) is 4.93. The molecule has 2 aliphatic heterocycles. The predicted molar refractivity (Wildman–Crippen MR) is 94.2 cm³/mol. The molecule has 0 spiro atoms. The van der Waals surface area contributed by atoms with Crippen LogP contribution in [0.5, 0.6) is 0 Å². The third kappa shape index (κ3) is 3.57. The van der Waals surface area contributed by atoms with Gasteiger partial charge in [-0.3, -0.25) is 9.80 Å². The molecule has 4 nitrogen and oxygen atoms in total. The van der Waals surface area contributed by atoms with Crippen molar-refractivity contribution in [1.82, 2.24) is 15.1 Å². The Labute approximate surface area is 142 Å². The Kier molecular flexibility index (Phi) is 4.50. The minimum absolute atomic E-state index is 0.116. The van der Waals surface area contributed by atoms with Crippen LogP contribution in [-0.2, 0) is 0 Å². The van der Waals surface area contributed by atoms with Crippen molar-refractivity contribution in [3.63, 3.8) is 0 Å². The van der Waals surface area contributed by atoms with Gasteiger partial charge in [0.05, 0.1) is 12.1 Å². The van der Waals surface area contributed by atoms with Crippen LogP contribution < -0.4 is 5.32 Å². The Hall–Kier alpha value is -0.630. The zero-order valence-corrected chi connectivity index (χ0v) is 15.6. The highest BCUT2D eigenvalue weighted by atomic mass is 15.3. The van der Waals surface area contributed by atoms with Gasteiger partial charge in [-0.25, -0.2) is 0 Å². The number of hydrogen-bond donors (Lipinski definition) is 1. The molecule has 0 aromatic carbocycles. The van der Waals surface area contributed by atoms with Crippen molar-refractivity contribution in [3.05, 3.63) is 0 Å². The number of likely N-dealkylation sites (tertiary alicyclic amines) is 1. The number of nitrogens with one attached hydrogen (secondary N) is 1. The highest BCUT2D eigenvalue weighted by molar-refractivity contribution is 5.16. The van der Waals surface area contributed by atoms with E-state index in [2.05, 4.69) is 55.8 Å². The molecule has 3 fully saturated rings. The Morgan fingerprint density at radius 3 is 2.52 bits per heavy atom. The van der Waals surface area contributed by atoms with E-state index >= 15 is 0 Å². The first-order valence-corrected chi connectivity index (χ1v) is 9.39. The quantitative estimate of drug-likeness (QED) is 0.868. The molecular weight excluding hydrogens is 284 g/mol. The zero-order chi connectivity index (χ0) is 16.8. The van der Waals surface area contributed by atoms with Gasteiger partial charge in [-0.1, -0.05) is 0 Å². The fraction of sp³-hybridized carbons (Fsp3) is 0.947. The average molecular weight is 319 g/mol. The molecule has 2 heterocycles. The van der Waals surface area contributed by atoms with Gasteiger partial charge in [-0.2, -0.15) is 5.26 Å². The first-order valence-electron chi connectivity index (χ1n) is 9.39. The first kappa shape index (κ1) is 17.2. The van der Waals surface area contributed by atoms with Crippen LogP contribution in [0.4, 0.5) is 0 Å². The van der Waals surface area contributed by atoms with E-state index in [4.69, 9.17) is 0 Å². The second-order valence-corrected chi connectivity index (χ2v) is 9.47. The van der Waals surface area contributed by atoms with Crippen molar-refractivity contribution >= 4 is 0 Å². The number of nitriles is 1. The summed E-state index contributed by atoms with van der Waals surface area (Å²) in [6, 6.07) is 3.95. The van der Waals surface area contributed by atoms with E-state index in [-0.39, 0.29) is 17.1 Å². The Balaban J connectivity index is 1.61. The van der Waals surface area contributed by atoms with E-state index in [1.165, 1.54) is 19.4 Å². The second kappa shape index (κ2) is 6.02. The van der Waals surface area contributed by atoms with E-state index in [1.54, 1.807) is 0 Å². The molecule has 0 aromatic rings. The molecule has 0 amide bonds. The molecule has 1 saturated carbocycles. The van der Waals surface area contributed by atoms with E-state index in [0.29, 0.717) is 12.1 Å². The van der Waals surface area contributed by atoms with Gasteiger partial charge in [-0.05, 0) is 66.2 Å². The highest BCUT2D eigenvalue weighted by Gasteiger charge is 2.56. The summed E-state index contributed by atoms with van der Waals surface area (Å²) in [5, 5.41) is 13.3. The van der Waals surface area contributed by atoms with Crippen molar-refractivity contribution in [3.8, 4) is 6.07 Å². The van der Waals surface area contributed by atoms with Crippen LogP contribution in [0, 0.1) is 17.2 Å². The number of nitrogens with zero attached hydrogens (tertiary/aromatic N) is 3. The van der Waals surface area contributed by atoms with Gasteiger partial charge in [0.1, 0.15) is 0 Å². The van der Waals surface area contributed by atoms with Crippen LogP contribution >= 0.6 is 0 Å². The summed E-state index contributed by atoms with van der Waals surface area (Å²) in [4.78, 5) is 5.14. The van der Waals surface area contributed by atoms with Gasteiger partial charge < -0.3 is 5.32 Å². The molecule has 2 saturated heterocycles. The molecule has 3 aliphatic rings. The number of rotatable bonds is 3. The van der Waals surface area contributed by atoms with Crippen LogP contribution in [0.3, 0.4) is 0 Å². The summed E-state index contributed by atoms with van der Waals surface area (Å²) in [7, 11) is 0. The normalized spacial score (nSPS) is 36.3. The third-order valence-corrected chi connectivity index (χ3v) is 6.21. The Morgan fingerprint density at radius 1 is 1.13 bits per heavy atom. The zero-order valence-electron chi connectivity index (χ0n) is 15.6. The third-order valence-electron chi connectivity index (χ3n) is 6.21. The monoisotopic (exact) mass is 318 g/mol. The van der Waals surface area contributed by atoms with Crippen molar-refractivity contribution in [1.29, 1.82) is 5.26 Å². The van der Waals surface area contributed by atoms with Gasteiger partial charge in [0.25, 0.3) is 0 Å². The summed E-state index contributed by atoms with van der Waals surface area (Å²) in [5.74, 6) is 0.803. The lowest BCUT2D eigenvalue weighted by molar-refractivity contribution is 0.0835. The number of fused-ring (bicyclic) bond motifs is 1. The van der Waals surface area contributed by atoms with Crippen molar-refractivity contribution in [2.24, 2.45) is 5.92 Å². The molecular formula is C19H34N4. The molecule has 3 rings (SSSR count). The highest BCUT2D eigenvalue weighted by Crippen LogP contribution is 2.51. The molecule has 130 valence electrons.